The smallest absolute Gasteiger partial charge is 0.161 e. The number of ether oxygens (including phenoxy) is 2. The van der Waals surface area contributed by atoms with Crippen molar-refractivity contribution in [2.45, 2.75) is 13.5 Å². The van der Waals surface area contributed by atoms with E-state index in [0.717, 1.165) is 16.3 Å². The highest BCUT2D eigenvalue weighted by atomic mass is 79.9. The van der Waals surface area contributed by atoms with Gasteiger partial charge in [-0.1, -0.05) is 0 Å². The van der Waals surface area contributed by atoms with Crippen LogP contribution in [-0.4, -0.2) is 17.9 Å². The number of nitrogens with zero attached hydrogens (tertiary/aromatic N) is 1. The van der Waals surface area contributed by atoms with Crippen molar-refractivity contribution in [1.29, 1.82) is 0 Å². The van der Waals surface area contributed by atoms with E-state index in [1.54, 1.807) is 30.6 Å². The van der Waals surface area contributed by atoms with Crippen LogP contribution in [0.1, 0.15) is 22.8 Å². The van der Waals surface area contributed by atoms with Crippen LogP contribution in [0.4, 0.5) is 0 Å². The maximum absolute atomic E-state index is 10.8. The molecule has 0 aliphatic carbocycles. The second kappa shape index (κ2) is 7.05. The number of rotatable bonds is 6. The van der Waals surface area contributed by atoms with Gasteiger partial charge < -0.3 is 9.47 Å². The summed E-state index contributed by atoms with van der Waals surface area (Å²) in [6.45, 7) is 2.78. The van der Waals surface area contributed by atoms with Crippen LogP contribution in [0.2, 0.25) is 0 Å². The molecular formula is C15H14BrNO3. The van der Waals surface area contributed by atoms with Crippen LogP contribution in [-0.2, 0) is 6.61 Å². The highest BCUT2D eigenvalue weighted by Crippen LogP contribution is 2.28. The summed E-state index contributed by atoms with van der Waals surface area (Å²) in [6, 6.07) is 7.04. The van der Waals surface area contributed by atoms with E-state index in [2.05, 4.69) is 20.9 Å². The van der Waals surface area contributed by atoms with Crippen molar-refractivity contribution in [3.63, 3.8) is 0 Å². The molecule has 0 atom stereocenters. The van der Waals surface area contributed by atoms with Gasteiger partial charge in [-0.25, -0.2) is 0 Å². The van der Waals surface area contributed by atoms with Gasteiger partial charge in [-0.2, -0.15) is 0 Å². The average molecular weight is 336 g/mol. The van der Waals surface area contributed by atoms with E-state index >= 15 is 0 Å². The molecule has 0 amide bonds. The fraction of sp³-hybridized carbons (Fsp3) is 0.200. The van der Waals surface area contributed by atoms with E-state index in [4.69, 9.17) is 9.47 Å². The highest BCUT2D eigenvalue weighted by Gasteiger charge is 2.07. The number of benzene rings is 1. The van der Waals surface area contributed by atoms with Gasteiger partial charge in [0, 0.05) is 28.0 Å². The zero-order valence-electron chi connectivity index (χ0n) is 11.0. The minimum Gasteiger partial charge on any atom is -0.490 e. The number of carbonyl (C=O) groups excluding carboxylic acids is 1. The molecule has 0 spiro atoms. The maximum atomic E-state index is 10.8. The third-order valence-corrected chi connectivity index (χ3v) is 2.99. The standard InChI is InChI=1S/C15H14BrNO3/c1-2-19-15-6-11(9-18)3-4-14(15)20-10-12-5-13(16)8-17-7-12/h3-9H,2,10H2,1H3. The first-order chi connectivity index (χ1) is 9.72. The monoisotopic (exact) mass is 335 g/mol. The molecule has 0 saturated carbocycles. The predicted molar refractivity (Wildman–Crippen MR) is 79.3 cm³/mol. The summed E-state index contributed by atoms with van der Waals surface area (Å²) in [6.07, 6.45) is 4.24. The topological polar surface area (TPSA) is 48.4 Å². The molecule has 0 bridgehead atoms. The molecule has 0 aliphatic rings. The zero-order valence-corrected chi connectivity index (χ0v) is 12.6. The second-order valence-electron chi connectivity index (χ2n) is 4.06. The van der Waals surface area contributed by atoms with E-state index in [9.17, 15) is 4.79 Å². The Balaban J connectivity index is 2.14. The Kier molecular flexibility index (Phi) is 5.12. The number of pyridine rings is 1. The van der Waals surface area contributed by atoms with E-state index in [1.165, 1.54) is 0 Å². The van der Waals surface area contributed by atoms with Crippen molar-refractivity contribution >= 4 is 22.2 Å². The molecule has 0 saturated heterocycles. The van der Waals surface area contributed by atoms with Crippen molar-refractivity contribution in [1.82, 2.24) is 4.98 Å². The molecule has 2 aromatic rings. The molecule has 104 valence electrons. The van der Waals surface area contributed by atoms with Gasteiger partial charge in [0.2, 0.25) is 0 Å². The summed E-state index contributed by atoms with van der Waals surface area (Å²) in [5.41, 5.74) is 1.51. The molecule has 0 N–H and O–H groups in total. The Morgan fingerprint density at radius 1 is 1.20 bits per heavy atom. The second-order valence-corrected chi connectivity index (χ2v) is 4.97. The quantitative estimate of drug-likeness (QED) is 0.756. The Bertz CT molecular complexity index is 601. The van der Waals surface area contributed by atoms with Crippen molar-refractivity contribution in [2.24, 2.45) is 0 Å². The molecule has 0 radical (unpaired) electrons. The SMILES string of the molecule is CCOc1cc(C=O)ccc1OCc1cncc(Br)c1. The number of halogens is 1. The van der Waals surface area contributed by atoms with Gasteiger partial charge in [-0.3, -0.25) is 9.78 Å². The lowest BCUT2D eigenvalue weighted by atomic mass is 10.2. The summed E-state index contributed by atoms with van der Waals surface area (Å²) in [5, 5.41) is 0. The van der Waals surface area contributed by atoms with Crippen molar-refractivity contribution in [3.8, 4) is 11.5 Å². The number of carbonyl (C=O) groups is 1. The van der Waals surface area contributed by atoms with Crippen LogP contribution >= 0.6 is 15.9 Å². The summed E-state index contributed by atoms with van der Waals surface area (Å²) in [5.74, 6) is 1.18. The largest absolute Gasteiger partial charge is 0.490 e. The summed E-state index contributed by atoms with van der Waals surface area (Å²) in [7, 11) is 0. The van der Waals surface area contributed by atoms with Crippen molar-refractivity contribution in [3.05, 3.63) is 52.3 Å². The fourth-order valence-corrected chi connectivity index (χ4v) is 2.09. The van der Waals surface area contributed by atoms with Crippen molar-refractivity contribution in [2.75, 3.05) is 6.61 Å². The normalized spacial score (nSPS) is 10.1. The van der Waals surface area contributed by atoms with Gasteiger partial charge in [-0.15, -0.1) is 0 Å². The van der Waals surface area contributed by atoms with E-state index < -0.39 is 0 Å². The van der Waals surface area contributed by atoms with Gasteiger partial charge in [-0.05, 0) is 47.1 Å². The zero-order chi connectivity index (χ0) is 14.4. The number of aldehydes is 1. The van der Waals surface area contributed by atoms with Gasteiger partial charge in [0.25, 0.3) is 0 Å². The number of hydrogen-bond donors (Lipinski definition) is 0. The Labute approximate surface area is 125 Å². The molecule has 1 aromatic carbocycles. The van der Waals surface area contributed by atoms with E-state index in [-0.39, 0.29) is 0 Å². The average Bonchev–Trinajstić information content (AvgIpc) is 2.46. The molecular weight excluding hydrogens is 322 g/mol. The minimum atomic E-state index is 0.382. The molecule has 1 aromatic heterocycles. The third kappa shape index (κ3) is 3.81. The highest BCUT2D eigenvalue weighted by molar-refractivity contribution is 9.10. The molecule has 20 heavy (non-hydrogen) atoms. The van der Waals surface area contributed by atoms with Crippen LogP contribution in [0.25, 0.3) is 0 Å². The van der Waals surface area contributed by atoms with Gasteiger partial charge in [0.1, 0.15) is 12.9 Å². The van der Waals surface area contributed by atoms with Crippen LogP contribution < -0.4 is 9.47 Å². The van der Waals surface area contributed by atoms with Gasteiger partial charge in [0.15, 0.2) is 11.5 Å². The lowest BCUT2D eigenvalue weighted by Gasteiger charge is -2.12. The van der Waals surface area contributed by atoms with E-state index in [0.29, 0.717) is 30.3 Å². The Hall–Kier alpha value is -1.88. The summed E-state index contributed by atoms with van der Waals surface area (Å²) in [4.78, 5) is 14.9. The fourth-order valence-electron chi connectivity index (χ4n) is 1.68. The summed E-state index contributed by atoms with van der Waals surface area (Å²) >= 11 is 3.36. The number of hydrogen-bond acceptors (Lipinski definition) is 4. The number of aromatic nitrogens is 1. The molecule has 0 unspecified atom stereocenters. The summed E-state index contributed by atoms with van der Waals surface area (Å²) < 4.78 is 12.1. The van der Waals surface area contributed by atoms with Gasteiger partial charge in [0.05, 0.1) is 6.61 Å². The maximum Gasteiger partial charge on any atom is 0.161 e. The molecule has 5 heteroatoms. The van der Waals surface area contributed by atoms with Crippen LogP contribution in [0.3, 0.4) is 0 Å². The molecule has 0 fully saturated rings. The van der Waals surface area contributed by atoms with E-state index in [1.807, 2.05) is 13.0 Å². The van der Waals surface area contributed by atoms with Gasteiger partial charge >= 0.3 is 0 Å². The van der Waals surface area contributed by atoms with Crippen LogP contribution in [0.15, 0.2) is 41.1 Å². The lowest BCUT2D eigenvalue weighted by molar-refractivity contribution is 0.112. The third-order valence-electron chi connectivity index (χ3n) is 2.56. The lowest BCUT2D eigenvalue weighted by Crippen LogP contribution is -2.00. The first-order valence-electron chi connectivity index (χ1n) is 6.17. The minimum absolute atomic E-state index is 0.382. The Morgan fingerprint density at radius 3 is 2.75 bits per heavy atom. The molecule has 1 heterocycles. The van der Waals surface area contributed by atoms with Crippen LogP contribution in [0.5, 0.6) is 11.5 Å². The Morgan fingerprint density at radius 2 is 2.05 bits per heavy atom. The first-order valence-corrected chi connectivity index (χ1v) is 6.96. The predicted octanol–water partition coefficient (Wildman–Crippen LogP) is 3.63. The molecule has 4 nitrogen and oxygen atoms in total. The van der Waals surface area contributed by atoms with Crippen LogP contribution in [0, 0.1) is 0 Å². The first kappa shape index (κ1) is 14.5. The molecule has 0 aliphatic heterocycles. The van der Waals surface area contributed by atoms with Crippen molar-refractivity contribution < 1.29 is 14.3 Å². The molecule has 2 rings (SSSR count).